The van der Waals surface area contributed by atoms with Gasteiger partial charge in [-0.2, -0.15) is 0 Å². The summed E-state index contributed by atoms with van der Waals surface area (Å²) in [6.45, 7) is 0.203. The summed E-state index contributed by atoms with van der Waals surface area (Å²) in [6, 6.07) is 15.3. The maximum Gasteiger partial charge on any atom is 0.273 e. The molecule has 0 spiro atoms. The van der Waals surface area contributed by atoms with Crippen molar-refractivity contribution >= 4 is 5.91 Å². The fraction of sp³-hybridized carbons (Fsp3) is 0.158. The zero-order chi connectivity index (χ0) is 17.6. The first-order chi connectivity index (χ1) is 12.1. The molecule has 1 aromatic heterocycles. The molecule has 25 heavy (non-hydrogen) atoms. The van der Waals surface area contributed by atoms with Crippen molar-refractivity contribution in [3.05, 3.63) is 89.4 Å². The smallest absolute Gasteiger partial charge is 0.273 e. The van der Waals surface area contributed by atoms with Crippen molar-refractivity contribution < 1.29 is 13.6 Å². The van der Waals surface area contributed by atoms with Crippen LogP contribution in [0.5, 0.6) is 0 Å². The van der Waals surface area contributed by atoms with Gasteiger partial charge >= 0.3 is 0 Å². The molecule has 2 aromatic carbocycles. The number of benzene rings is 2. The molecule has 3 N–H and O–H groups in total. The van der Waals surface area contributed by atoms with Gasteiger partial charge in [0, 0.05) is 6.54 Å². The lowest BCUT2D eigenvalue weighted by atomic mass is 10.1. The number of carbonyl (C=O) groups is 1. The van der Waals surface area contributed by atoms with Crippen molar-refractivity contribution in [1.82, 2.24) is 10.3 Å². The van der Waals surface area contributed by atoms with Gasteiger partial charge in [0.05, 0.1) is 6.04 Å². The molecular formula is C19H18FN3O2. The van der Waals surface area contributed by atoms with E-state index in [0.29, 0.717) is 17.9 Å². The molecule has 0 fully saturated rings. The normalized spacial score (nSPS) is 11.9. The predicted octanol–water partition coefficient (Wildman–Crippen LogP) is 2.99. The third-order valence-corrected chi connectivity index (χ3v) is 3.71. The van der Waals surface area contributed by atoms with Gasteiger partial charge in [0.2, 0.25) is 5.89 Å². The number of carbonyl (C=O) groups excluding carboxylic acids is 1. The number of nitrogens with two attached hydrogens (primary N) is 1. The van der Waals surface area contributed by atoms with Crippen LogP contribution in [0, 0.1) is 5.82 Å². The Balaban J connectivity index is 1.59. The summed E-state index contributed by atoms with van der Waals surface area (Å²) in [5.41, 5.74) is 7.97. The van der Waals surface area contributed by atoms with Crippen LogP contribution in [-0.2, 0) is 13.0 Å². The zero-order valence-corrected chi connectivity index (χ0v) is 13.5. The number of amides is 1. The molecule has 1 heterocycles. The minimum Gasteiger partial charge on any atom is -0.446 e. The lowest BCUT2D eigenvalue weighted by molar-refractivity contribution is 0.0946. The first-order valence-electron chi connectivity index (χ1n) is 7.89. The number of rotatable bonds is 6. The second-order valence-corrected chi connectivity index (χ2v) is 5.68. The average Bonchev–Trinajstić information content (AvgIpc) is 3.11. The highest BCUT2D eigenvalue weighted by molar-refractivity contribution is 5.91. The molecule has 0 aliphatic rings. The van der Waals surface area contributed by atoms with Gasteiger partial charge in [-0.25, -0.2) is 9.37 Å². The van der Waals surface area contributed by atoms with Gasteiger partial charge in [0.15, 0.2) is 5.69 Å². The number of hydrogen-bond donors (Lipinski definition) is 2. The van der Waals surface area contributed by atoms with Crippen LogP contribution in [0.1, 0.15) is 33.5 Å². The highest BCUT2D eigenvalue weighted by Crippen LogP contribution is 2.16. The van der Waals surface area contributed by atoms with E-state index in [2.05, 4.69) is 10.3 Å². The van der Waals surface area contributed by atoms with E-state index in [4.69, 9.17) is 10.2 Å². The van der Waals surface area contributed by atoms with E-state index in [-0.39, 0.29) is 18.1 Å². The Morgan fingerprint density at radius 3 is 2.68 bits per heavy atom. The zero-order valence-electron chi connectivity index (χ0n) is 13.5. The number of nitrogens with one attached hydrogen (secondary N) is 1. The summed E-state index contributed by atoms with van der Waals surface area (Å²) in [5, 5.41) is 2.68. The predicted molar refractivity (Wildman–Crippen MR) is 91.1 cm³/mol. The van der Waals surface area contributed by atoms with E-state index < -0.39 is 11.9 Å². The van der Waals surface area contributed by atoms with Gasteiger partial charge in [-0.1, -0.05) is 42.5 Å². The summed E-state index contributed by atoms with van der Waals surface area (Å²) >= 11 is 0. The highest BCUT2D eigenvalue weighted by Gasteiger charge is 2.17. The molecule has 1 atom stereocenters. The van der Waals surface area contributed by atoms with E-state index in [1.165, 1.54) is 18.4 Å². The Hall–Kier alpha value is -2.99. The van der Waals surface area contributed by atoms with Gasteiger partial charge in [-0.15, -0.1) is 0 Å². The van der Waals surface area contributed by atoms with E-state index in [9.17, 15) is 9.18 Å². The summed E-state index contributed by atoms with van der Waals surface area (Å²) < 4.78 is 18.5. The van der Waals surface area contributed by atoms with E-state index >= 15 is 0 Å². The Morgan fingerprint density at radius 1 is 1.16 bits per heavy atom. The molecule has 1 amide bonds. The monoisotopic (exact) mass is 339 g/mol. The van der Waals surface area contributed by atoms with Crippen LogP contribution in [0.15, 0.2) is 65.3 Å². The minimum atomic E-state index is -0.438. The minimum absolute atomic E-state index is 0.148. The summed E-state index contributed by atoms with van der Waals surface area (Å²) in [7, 11) is 0. The van der Waals surface area contributed by atoms with E-state index in [0.717, 1.165) is 5.56 Å². The van der Waals surface area contributed by atoms with Crippen LogP contribution in [0.3, 0.4) is 0 Å². The van der Waals surface area contributed by atoms with Crippen molar-refractivity contribution in [2.24, 2.45) is 5.73 Å². The van der Waals surface area contributed by atoms with Crippen molar-refractivity contribution in [1.29, 1.82) is 0 Å². The molecule has 3 rings (SSSR count). The van der Waals surface area contributed by atoms with E-state index in [1.807, 2.05) is 30.3 Å². The molecule has 0 radical (unpaired) electrons. The number of nitrogens with zero attached hydrogens (tertiary/aromatic N) is 1. The van der Waals surface area contributed by atoms with Crippen LogP contribution in [-0.4, -0.2) is 10.9 Å². The average molecular weight is 339 g/mol. The second-order valence-electron chi connectivity index (χ2n) is 5.68. The third-order valence-electron chi connectivity index (χ3n) is 3.71. The standard InChI is InChI=1S/C19H18FN3O2/c20-15-8-4-7-14(9-15)11-22-18(24)17-12-25-19(23-17)16(21)10-13-5-2-1-3-6-13/h1-9,12,16H,10-11,21H2,(H,22,24). The van der Waals surface area contributed by atoms with Crippen LogP contribution < -0.4 is 11.1 Å². The van der Waals surface area contributed by atoms with Crippen molar-refractivity contribution in [3.63, 3.8) is 0 Å². The molecule has 1 unspecified atom stereocenters. The maximum absolute atomic E-state index is 13.1. The summed E-state index contributed by atoms with van der Waals surface area (Å²) in [6.07, 6.45) is 1.84. The molecule has 0 aliphatic carbocycles. The Bertz CT molecular complexity index is 849. The molecule has 6 heteroatoms. The Labute approximate surface area is 144 Å². The molecule has 0 bridgehead atoms. The van der Waals surface area contributed by atoms with Crippen LogP contribution >= 0.6 is 0 Å². The molecule has 0 saturated heterocycles. The number of halogens is 1. The third kappa shape index (κ3) is 4.51. The second kappa shape index (κ2) is 7.72. The fourth-order valence-electron chi connectivity index (χ4n) is 2.44. The SMILES string of the molecule is NC(Cc1ccccc1)c1nc(C(=O)NCc2cccc(F)c2)co1. The van der Waals surface area contributed by atoms with Crippen LogP contribution in [0.2, 0.25) is 0 Å². The topological polar surface area (TPSA) is 81.1 Å². The molecule has 0 aliphatic heterocycles. The fourth-order valence-corrected chi connectivity index (χ4v) is 2.44. The maximum atomic E-state index is 13.1. The molecule has 3 aromatic rings. The highest BCUT2D eigenvalue weighted by atomic mass is 19.1. The molecule has 128 valence electrons. The first kappa shape index (κ1) is 16.9. The van der Waals surface area contributed by atoms with Gasteiger partial charge in [-0.3, -0.25) is 4.79 Å². The summed E-state index contributed by atoms with van der Waals surface area (Å²) in [5.74, 6) is -0.437. The van der Waals surface area contributed by atoms with Crippen molar-refractivity contribution in [3.8, 4) is 0 Å². The van der Waals surface area contributed by atoms with E-state index in [1.54, 1.807) is 12.1 Å². The largest absolute Gasteiger partial charge is 0.446 e. The van der Waals surface area contributed by atoms with Crippen molar-refractivity contribution in [2.45, 2.75) is 19.0 Å². The lowest BCUT2D eigenvalue weighted by Gasteiger charge is -2.07. The summed E-state index contributed by atoms with van der Waals surface area (Å²) in [4.78, 5) is 16.3. The number of oxazole rings is 1. The quantitative estimate of drug-likeness (QED) is 0.723. The molecule has 0 saturated carbocycles. The number of aromatic nitrogens is 1. The van der Waals surface area contributed by atoms with Gasteiger partial charge < -0.3 is 15.5 Å². The number of hydrogen-bond acceptors (Lipinski definition) is 4. The van der Waals surface area contributed by atoms with Crippen molar-refractivity contribution in [2.75, 3.05) is 0 Å². The lowest BCUT2D eigenvalue weighted by Crippen LogP contribution is -2.23. The molecular weight excluding hydrogens is 321 g/mol. The molecule has 5 nitrogen and oxygen atoms in total. The van der Waals surface area contributed by atoms with Gasteiger partial charge in [0.1, 0.15) is 12.1 Å². The van der Waals surface area contributed by atoms with Crippen LogP contribution in [0.25, 0.3) is 0 Å². The first-order valence-corrected chi connectivity index (χ1v) is 7.89. The van der Waals surface area contributed by atoms with Gasteiger partial charge in [0.25, 0.3) is 5.91 Å². The Kier molecular flexibility index (Phi) is 5.20. The van der Waals surface area contributed by atoms with Gasteiger partial charge in [-0.05, 0) is 29.7 Å². The Morgan fingerprint density at radius 2 is 1.92 bits per heavy atom. The van der Waals surface area contributed by atoms with Crippen LogP contribution in [0.4, 0.5) is 4.39 Å².